The van der Waals surface area contributed by atoms with Crippen LogP contribution in [-0.2, 0) is 15.2 Å². The van der Waals surface area contributed by atoms with Crippen molar-refractivity contribution in [3.05, 3.63) is 41.0 Å². The fourth-order valence-electron chi connectivity index (χ4n) is 2.43. The molecule has 0 N–H and O–H groups in total. The normalized spacial score (nSPS) is 12.5. The van der Waals surface area contributed by atoms with Crippen LogP contribution in [0, 0.1) is 0 Å². The van der Waals surface area contributed by atoms with E-state index < -0.39 is 30.7 Å². The number of imidazole rings is 1. The monoisotopic (exact) mass is 439 g/mol. The van der Waals surface area contributed by atoms with Crippen LogP contribution in [0.2, 0.25) is 5.02 Å². The summed E-state index contributed by atoms with van der Waals surface area (Å²) in [7, 11) is 0.478. The SMILES string of the molecule is CCOc1ccc2nc(-c3cc(Cl)c(C(F)(F)F)c(S(=O)(=O)Cl)c3)cn2n1. The number of halogens is 5. The molecule has 0 aliphatic heterocycles. The van der Waals surface area contributed by atoms with Crippen LogP contribution in [0.25, 0.3) is 16.9 Å². The summed E-state index contributed by atoms with van der Waals surface area (Å²) in [4.78, 5) is 3.07. The quantitative estimate of drug-likeness (QED) is 0.563. The third-order valence-electron chi connectivity index (χ3n) is 3.48. The number of rotatable bonds is 4. The van der Waals surface area contributed by atoms with Gasteiger partial charge in [-0.3, -0.25) is 0 Å². The van der Waals surface area contributed by atoms with Crippen LogP contribution in [0.5, 0.6) is 5.88 Å². The molecule has 12 heteroatoms. The van der Waals surface area contributed by atoms with Crippen molar-refractivity contribution in [3.63, 3.8) is 0 Å². The number of fused-ring (bicyclic) bond motifs is 1. The Kier molecular flexibility index (Phi) is 5.00. The molecule has 1 aromatic carbocycles. The second-order valence-corrected chi connectivity index (χ2v) is 8.24. The molecule has 0 unspecified atom stereocenters. The minimum atomic E-state index is -5.00. The average Bonchev–Trinajstić information content (AvgIpc) is 2.95. The van der Waals surface area contributed by atoms with Crippen LogP contribution in [0.3, 0.4) is 0 Å². The molecule has 2 heterocycles. The molecule has 0 aliphatic rings. The van der Waals surface area contributed by atoms with Gasteiger partial charge >= 0.3 is 6.18 Å². The lowest BCUT2D eigenvalue weighted by molar-refractivity contribution is -0.139. The molecule has 0 radical (unpaired) electrons. The lowest BCUT2D eigenvalue weighted by Crippen LogP contribution is -2.12. The second kappa shape index (κ2) is 6.84. The first-order valence-corrected chi connectivity index (χ1v) is 10.0. The molecule has 0 atom stereocenters. The van der Waals surface area contributed by atoms with E-state index >= 15 is 0 Å². The zero-order valence-corrected chi connectivity index (χ0v) is 15.8. The number of benzene rings is 1. The van der Waals surface area contributed by atoms with Crippen molar-refractivity contribution >= 4 is 37.0 Å². The Hall–Kier alpha value is -2.04. The van der Waals surface area contributed by atoms with Crippen molar-refractivity contribution in [1.82, 2.24) is 14.6 Å². The third-order valence-corrected chi connectivity index (χ3v) is 5.13. The molecule has 6 nitrogen and oxygen atoms in total. The van der Waals surface area contributed by atoms with Gasteiger partial charge in [-0.05, 0) is 25.1 Å². The Balaban J connectivity index is 2.20. The molecule has 144 valence electrons. The smallest absolute Gasteiger partial charge is 0.419 e. The molecule has 2 aromatic heterocycles. The van der Waals surface area contributed by atoms with Crippen molar-refractivity contribution in [2.45, 2.75) is 18.0 Å². The zero-order valence-electron chi connectivity index (χ0n) is 13.5. The number of nitrogens with zero attached hydrogens (tertiary/aromatic N) is 3. The summed E-state index contributed by atoms with van der Waals surface area (Å²) in [5.41, 5.74) is -0.952. The molecule has 0 aliphatic carbocycles. The van der Waals surface area contributed by atoms with Gasteiger partial charge in [-0.2, -0.15) is 13.2 Å². The van der Waals surface area contributed by atoms with E-state index in [4.69, 9.17) is 27.0 Å². The molecule has 0 saturated carbocycles. The molecule has 27 heavy (non-hydrogen) atoms. The molecule has 0 saturated heterocycles. The Morgan fingerprint density at radius 1 is 1.26 bits per heavy atom. The van der Waals surface area contributed by atoms with Crippen LogP contribution >= 0.6 is 22.3 Å². The third kappa shape index (κ3) is 3.97. The zero-order chi connectivity index (χ0) is 20.0. The van der Waals surface area contributed by atoms with E-state index in [2.05, 4.69) is 10.1 Å². The van der Waals surface area contributed by atoms with Gasteiger partial charge in [0.1, 0.15) is 0 Å². The Morgan fingerprint density at radius 2 is 1.96 bits per heavy atom. The largest absolute Gasteiger partial charge is 0.477 e. The predicted octanol–water partition coefficient (Wildman–Crippen LogP) is 4.39. The summed E-state index contributed by atoms with van der Waals surface area (Å²) >= 11 is 5.73. The highest BCUT2D eigenvalue weighted by molar-refractivity contribution is 8.13. The maximum absolute atomic E-state index is 13.2. The van der Waals surface area contributed by atoms with Gasteiger partial charge in [-0.1, -0.05) is 11.6 Å². The summed E-state index contributed by atoms with van der Waals surface area (Å²) in [5, 5.41) is 3.33. The van der Waals surface area contributed by atoms with Gasteiger partial charge in [-0.15, -0.1) is 5.10 Å². The van der Waals surface area contributed by atoms with Crippen molar-refractivity contribution in [3.8, 4) is 17.1 Å². The summed E-state index contributed by atoms with van der Waals surface area (Å²) in [6.07, 6.45) is -3.60. The summed E-state index contributed by atoms with van der Waals surface area (Å²) in [5.74, 6) is 0.323. The van der Waals surface area contributed by atoms with E-state index in [1.54, 1.807) is 19.1 Å². The summed E-state index contributed by atoms with van der Waals surface area (Å²) < 4.78 is 69.6. The molecule has 0 bridgehead atoms. The van der Waals surface area contributed by atoms with Gasteiger partial charge in [0.25, 0.3) is 9.05 Å². The topological polar surface area (TPSA) is 73.6 Å². The molecular weight excluding hydrogens is 430 g/mol. The van der Waals surface area contributed by atoms with Gasteiger partial charge in [0, 0.05) is 22.3 Å². The van der Waals surface area contributed by atoms with Gasteiger partial charge in [0.15, 0.2) is 5.65 Å². The number of alkyl halides is 3. The maximum Gasteiger partial charge on any atom is 0.419 e. The van der Waals surface area contributed by atoms with E-state index in [9.17, 15) is 21.6 Å². The Morgan fingerprint density at radius 3 is 2.56 bits per heavy atom. The molecule has 0 amide bonds. The minimum Gasteiger partial charge on any atom is -0.477 e. The van der Waals surface area contributed by atoms with E-state index in [0.29, 0.717) is 18.1 Å². The maximum atomic E-state index is 13.2. The molecular formula is C15H10Cl2F3N3O3S. The number of ether oxygens (including phenoxy) is 1. The van der Waals surface area contributed by atoms with E-state index in [0.717, 1.165) is 12.1 Å². The Labute approximate surface area is 160 Å². The van der Waals surface area contributed by atoms with Crippen molar-refractivity contribution < 1.29 is 26.3 Å². The predicted molar refractivity (Wildman–Crippen MR) is 92.6 cm³/mol. The lowest BCUT2D eigenvalue weighted by atomic mass is 10.1. The van der Waals surface area contributed by atoms with Crippen molar-refractivity contribution in [1.29, 1.82) is 0 Å². The second-order valence-electron chi connectivity index (χ2n) is 5.30. The fourth-order valence-corrected chi connectivity index (χ4v) is 3.91. The number of aromatic nitrogens is 3. The van der Waals surface area contributed by atoms with Crippen molar-refractivity contribution in [2.24, 2.45) is 0 Å². The molecule has 3 rings (SSSR count). The number of hydrogen-bond acceptors (Lipinski definition) is 5. The van der Waals surface area contributed by atoms with E-state index in [1.165, 1.54) is 10.7 Å². The van der Waals surface area contributed by atoms with Crippen LogP contribution in [0.4, 0.5) is 13.2 Å². The summed E-state index contributed by atoms with van der Waals surface area (Å²) in [6.45, 7) is 2.18. The van der Waals surface area contributed by atoms with Crippen LogP contribution in [0.1, 0.15) is 12.5 Å². The van der Waals surface area contributed by atoms with Crippen LogP contribution < -0.4 is 4.74 Å². The molecule has 3 aromatic rings. The van der Waals surface area contributed by atoms with Crippen LogP contribution in [0.15, 0.2) is 35.4 Å². The highest BCUT2D eigenvalue weighted by Crippen LogP contribution is 2.42. The fraction of sp³-hybridized carbons (Fsp3) is 0.200. The lowest BCUT2D eigenvalue weighted by Gasteiger charge is -2.14. The van der Waals surface area contributed by atoms with E-state index in [-0.39, 0.29) is 11.3 Å². The first kappa shape index (κ1) is 19.7. The van der Waals surface area contributed by atoms with Crippen molar-refractivity contribution in [2.75, 3.05) is 6.61 Å². The van der Waals surface area contributed by atoms with Gasteiger partial charge in [0.2, 0.25) is 5.88 Å². The standard InChI is InChI=1S/C15H10Cl2F3N3O3S/c1-2-26-13-4-3-12-21-10(7-23(12)22-13)8-5-9(16)14(15(18,19)20)11(6-8)27(17,24)25/h3-7H,2H2,1H3. The van der Waals surface area contributed by atoms with Gasteiger partial charge in [-0.25, -0.2) is 17.9 Å². The average molecular weight is 440 g/mol. The first-order valence-electron chi connectivity index (χ1n) is 7.35. The van der Waals surface area contributed by atoms with Gasteiger partial charge < -0.3 is 4.74 Å². The molecule has 0 spiro atoms. The first-order chi connectivity index (χ1) is 12.5. The summed E-state index contributed by atoms with van der Waals surface area (Å²) in [6, 6.07) is 4.92. The van der Waals surface area contributed by atoms with Gasteiger partial charge in [0.05, 0.1) is 34.0 Å². The molecule has 0 fully saturated rings. The van der Waals surface area contributed by atoms with Crippen LogP contribution in [-0.4, -0.2) is 29.6 Å². The highest BCUT2D eigenvalue weighted by Gasteiger charge is 2.39. The highest BCUT2D eigenvalue weighted by atomic mass is 35.7. The Bertz CT molecular complexity index is 1130. The minimum absolute atomic E-state index is 0.0377. The van der Waals surface area contributed by atoms with E-state index in [1.807, 2.05) is 0 Å². The number of hydrogen-bond donors (Lipinski definition) is 0.